The minimum Gasteiger partial charge on any atom is -0.309 e. The number of hydrogen-bond donors (Lipinski definition) is 0. The molecule has 0 spiro atoms. The van der Waals surface area contributed by atoms with Gasteiger partial charge in [0.05, 0.1) is 34.1 Å². The Morgan fingerprint density at radius 3 is 1.48 bits per heavy atom. The Bertz CT molecular complexity index is 3520. The monoisotopic (exact) mass is 828 g/mol. The van der Waals surface area contributed by atoms with Crippen LogP contribution >= 0.6 is 23.5 Å². The number of thioether (sulfide) groups is 1. The lowest BCUT2D eigenvalue weighted by atomic mass is 9.86. The van der Waals surface area contributed by atoms with E-state index in [1.165, 1.54) is 42.4 Å². The third kappa shape index (κ3) is 5.50. The molecule has 0 saturated heterocycles. The van der Waals surface area contributed by atoms with Crippen LogP contribution in [-0.2, 0) is 0 Å². The number of para-hydroxylation sites is 3. The first-order valence-electron chi connectivity index (χ1n) is 21.1. The fraction of sp³-hybridized carbons (Fsp3) is 0.0357. The van der Waals surface area contributed by atoms with Crippen LogP contribution in [0, 0.1) is 0 Å². The molecule has 4 nitrogen and oxygen atoms in total. The van der Waals surface area contributed by atoms with Crippen LogP contribution in [0.2, 0.25) is 0 Å². The Balaban J connectivity index is 1.18. The molecule has 0 saturated carbocycles. The van der Waals surface area contributed by atoms with E-state index in [9.17, 15) is 0 Å². The average Bonchev–Trinajstić information content (AvgIpc) is 3.33. The maximum Gasteiger partial charge on any atom is 0.0792 e. The maximum atomic E-state index is 5.28. The Hall–Kier alpha value is -7.12. The lowest BCUT2D eigenvalue weighted by Crippen LogP contribution is -2.21. The summed E-state index contributed by atoms with van der Waals surface area (Å²) >= 11 is 3.75. The van der Waals surface area contributed by atoms with E-state index in [0.29, 0.717) is 0 Å². The van der Waals surface area contributed by atoms with Crippen LogP contribution in [0.3, 0.4) is 0 Å². The molecule has 0 amide bonds. The second-order valence-electron chi connectivity index (χ2n) is 16.0. The Morgan fingerprint density at radius 1 is 0.419 bits per heavy atom. The predicted octanol–water partition coefficient (Wildman–Crippen LogP) is 16.2. The summed E-state index contributed by atoms with van der Waals surface area (Å²) in [5, 5.41) is 9.10. The minimum absolute atomic E-state index is 0.968. The highest BCUT2D eigenvalue weighted by Gasteiger charge is 2.30. The first kappa shape index (κ1) is 35.6. The van der Waals surface area contributed by atoms with E-state index >= 15 is 0 Å². The molecule has 6 heteroatoms. The van der Waals surface area contributed by atoms with Gasteiger partial charge in [-0.05, 0) is 124 Å². The van der Waals surface area contributed by atoms with E-state index in [4.69, 9.17) is 9.97 Å². The summed E-state index contributed by atoms with van der Waals surface area (Å²) in [6.07, 6.45) is 10.7. The molecular formula is C56H36N4S2. The number of hydrogen-bond acceptors (Lipinski definition) is 6. The van der Waals surface area contributed by atoms with Gasteiger partial charge in [0, 0.05) is 65.3 Å². The van der Waals surface area contributed by atoms with Gasteiger partial charge in [0.1, 0.15) is 0 Å². The quantitative estimate of drug-likeness (QED) is 0.164. The molecule has 1 aliphatic carbocycles. The summed E-state index contributed by atoms with van der Waals surface area (Å²) in [5.41, 5.74) is 11.2. The van der Waals surface area contributed by atoms with Crippen molar-refractivity contribution in [3.63, 3.8) is 0 Å². The zero-order valence-corrected chi connectivity index (χ0v) is 35.1. The molecule has 62 heavy (non-hydrogen) atoms. The number of aromatic nitrogens is 2. The molecule has 13 rings (SSSR count). The Kier molecular flexibility index (Phi) is 8.18. The van der Waals surface area contributed by atoms with Crippen LogP contribution in [0.15, 0.2) is 220 Å². The number of pyridine rings is 2. The fourth-order valence-electron chi connectivity index (χ4n) is 9.82. The van der Waals surface area contributed by atoms with Crippen LogP contribution < -0.4 is 9.80 Å². The summed E-state index contributed by atoms with van der Waals surface area (Å²) < 4.78 is 0. The third-order valence-corrected chi connectivity index (χ3v) is 14.9. The van der Waals surface area contributed by atoms with Gasteiger partial charge in [0.25, 0.3) is 0 Å². The molecule has 0 fully saturated rings. The Labute approximate surface area is 367 Å². The maximum absolute atomic E-state index is 5.28. The van der Waals surface area contributed by atoms with Crippen LogP contribution in [-0.4, -0.2) is 9.97 Å². The summed E-state index contributed by atoms with van der Waals surface area (Å²) in [6.45, 7) is 0. The van der Waals surface area contributed by atoms with Crippen molar-refractivity contribution in [2.24, 2.45) is 0 Å². The molecule has 0 atom stereocenters. The van der Waals surface area contributed by atoms with E-state index < -0.39 is 0 Å². The highest BCUT2D eigenvalue weighted by molar-refractivity contribution is 8.03. The molecular weight excluding hydrogens is 793 g/mol. The minimum atomic E-state index is 0.968. The molecule has 0 radical (unpaired) electrons. The van der Waals surface area contributed by atoms with E-state index in [2.05, 4.69) is 192 Å². The van der Waals surface area contributed by atoms with Gasteiger partial charge in [-0.15, -0.1) is 0 Å². The van der Waals surface area contributed by atoms with Gasteiger partial charge in [-0.1, -0.05) is 127 Å². The van der Waals surface area contributed by atoms with Crippen molar-refractivity contribution in [2.45, 2.75) is 27.5 Å². The SMILES string of the molecule is C1=CC2=C(CC1)Sc1ccccc1N2c1ccc2c(-c3nccc4ccccc34)c3cc(N4c5ccccc5Sc5ccccc54)ccc3c(-c3nccc4ccccc34)c2c1. The number of nitrogens with zero attached hydrogens (tertiary/aromatic N) is 4. The summed E-state index contributed by atoms with van der Waals surface area (Å²) in [4.78, 5) is 20.6. The fourth-order valence-corrected chi connectivity index (χ4v) is 12.0. The highest BCUT2D eigenvalue weighted by Crippen LogP contribution is 2.55. The van der Waals surface area contributed by atoms with Gasteiger partial charge in [-0.3, -0.25) is 9.97 Å². The number of rotatable bonds is 4. The second-order valence-corrected chi connectivity index (χ2v) is 18.2. The molecule has 292 valence electrons. The van der Waals surface area contributed by atoms with Crippen molar-refractivity contribution in [3.05, 3.63) is 205 Å². The van der Waals surface area contributed by atoms with Crippen molar-refractivity contribution in [1.29, 1.82) is 0 Å². The predicted molar refractivity (Wildman–Crippen MR) is 262 cm³/mol. The smallest absolute Gasteiger partial charge is 0.0792 e. The van der Waals surface area contributed by atoms with E-state index in [1.54, 1.807) is 0 Å². The van der Waals surface area contributed by atoms with Gasteiger partial charge < -0.3 is 9.80 Å². The topological polar surface area (TPSA) is 32.3 Å². The van der Waals surface area contributed by atoms with Crippen LogP contribution in [0.5, 0.6) is 0 Å². The summed E-state index contributed by atoms with van der Waals surface area (Å²) in [7, 11) is 0. The zero-order chi connectivity index (χ0) is 40.7. The molecule has 0 bridgehead atoms. The number of benzene rings is 8. The van der Waals surface area contributed by atoms with Crippen LogP contribution in [0.4, 0.5) is 28.4 Å². The zero-order valence-electron chi connectivity index (χ0n) is 33.5. The standard InChI is InChI=1S/C56H36N4S2/c1-3-15-39-35(13-1)29-31-57-55(39)53-41-27-25-38(60-47-19-7-11-23-51(47)62-52-24-12-8-20-48(52)60)34-44(41)54(56-40-16-4-2-14-36(40)30-32-58-56)42-28-26-37(33-43(42)53)59-45-17-5-9-21-49(45)61-50-22-10-6-18-46(50)59/h1-11,13-23,25-34H,12,24H2. The largest absolute Gasteiger partial charge is 0.309 e. The van der Waals surface area contributed by atoms with Gasteiger partial charge in [0.2, 0.25) is 0 Å². The second kappa shape index (κ2) is 14.2. The van der Waals surface area contributed by atoms with Gasteiger partial charge in [0.15, 0.2) is 0 Å². The Morgan fingerprint density at radius 2 is 0.903 bits per heavy atom. The first-order valence-corrected chi connectivity index (χ1v) is 22.7. The van der Waals surface area contributed by atoms with Crippen LogP contribution in [0.25, 0.3) is 65.6 Å². The van der Waals surface area contributed by atoms with E-state index in [0.717, 1.165) is 89.8 Å². The highest BCUT2D eigenvalue weighted by atomic mass is 32.2. The summed E-state index contributed by atoms with van der Waals surface area (Å²) in [6, 6.07) is 62.0. The first-order chi connectivity index (χ1) is 30.8. The molecule has 2 aromatic heterocycles. The normalized spacial score (nSPS) is 14.3. The van der Waals surface area contributed by atoms with Gasteiger partial charge >= 0.3 is 0 Å². The third-order valence-electron chi connectivity index (χ3n) is 12.5. The van der Waals surface area contributed by atoms with Crippen molar-refractivity contribution in [2.75, 3.05) is 9.80 Å². The van der Waals surface area contributed by atoms with Crippen molar-refractivity contribution >= 4 is 95.1 Å². The lowest BCUT2D eigenvalue weighted by Gasteiger charge is -2.35. The molecule has 0 unspecified atom stereocenters. The molecule has 8 aromatic carbocycles. The number of fused-ring (bicyclic) bond motifs is 7. The summed E-state index contributed by atoms with van der Waals surface area (Å²) in [5.74, 6) is 0. The molecule has 10 aromatic rings. The van der Waals surface area contributed by atoms with E-state index in [1.807, 2.05) is 35.9 Å². The molecule has 2 aliphatic heterocycles. The number of anilines is 5. The molecule has 4 heterocycles. The van der Waals surface area contributed by atoms with Crippen molar-refractivity contribution in [3.8, 4) is 22.5 Å². The van der Waals surface area contributed by atoms with E-state index in [-0.39, 0.29) is 0 Å². The molecule has 3 aliphatic rings. The van der Waals surface area contributed by atoms with Crippen LogP contribution in [0.1, 0.15) is 12.8 Å². The van der Waals surface area contributed by atoms with Gasteiger partial charge in [-0.25, -0.2) is 0 Å². The number of allylic oxidation sites excluding steroid dienone is 3. The van der Waals surface area contributed by atoms with Crippen molar-refractivity contribution in [1.82, 2.24) is 9.97 Å². The molecule has 0 N–H and O–H groups in total. The van der Waals surface area contributed by atoms with Gasteiger partial charge in [-0.2, -0.15) is 0 Å². The average molecular weight is 829 g/mol. The van der Waals surface area contributed by atoms with Crippen molar-refractivity contribution < 1.29 is 0 Å². The lowest BCUT2D eigenvalue weighted by molar-refractivity contribution is 0.969.